The van der Waals surface area contributed by atoms with E-state index in [2.05, 4.69) is 9.97 Å². The average molecular weight is 325 g/mol. The Morgan fingerprint density at radius 3 is 2.90 bits per heavy atom. The normalized spacial score (nSPS) is 10.9. The lowest BCUT2D eigenvalue weighted by molar-refractivity contribution is 0.296. The quantitative estimate of drug-likeness (QED) is 0.643. The van der Waals surface area contributed by atoms with E-state index in [1.807, 2.05) is 36.6 Å². The molecule has 2 aromatic heterocycles. The van der Waals surface area contributed by atoms with E-state index in [4.69, 9.17) is 27.9 Å². The zero-order valence-electron chi connectivity index (χ0n) is 10.6. The van der Waals surface area contributed by atoms with Crippen LogP contribution < -0.4 is 4.74 Å². The molecule has 2 heterocycles. The molecule has 0 aliphatic carbocycles. The minimum atomic E-state index is 0.233. The van der Waals surface area contributed by atoms with Crippen LogP contribution in [0.25, 0.3) is 10.2 Å². The number of hydrogen-bond donors (Lipinski definition) is 0. The van der Waals surface area contributed by atoms with Crippen LogP contribution in [0.5, 0.6) is 5.75 Å². The first kappa shape index (κ1) is 13.6. The second-order valence-corrected chi connectivity index (χ2v) is 5.95. The van der Waals surface area contributed by atoms with Crippen LogP contribution in [-0.4, -0.2) is 9.97 Å². The molecule has 20 heavy (non-hydrogen) atoms. The van der Waals surface area contributed by atoms with Crippen molar-refractivity contribution in [1.29, 1.82) is 0 Å². The van der Waals surface area contributed by atoms with E-state index in [0.29, 0.717) is 21.7 Å². The van der Waals surface area contributed by atoms with Crippen molar-refractivity contribution in [2.75, 3.05) is 0 Å². The van der Waals surface area contributed by atoms with Crippen LogP contribution in [0, 0.1) is 6.92 Å². The summed E-state index contributed by atoms with van der Waals surface area (Å²) in [6.45, 7) is 2.21. The van der Waals surface area contributed by atoms with Gasteiger partial charge in [-0.3, -0.25) is 0 Å². The zero-order valence-corrected chi connectivity index (χ0v) is 12.9. The number of benzene rings is 1. The molecule has 0 aliphatic rings. The zero-order chi connectivity index (χ0) is 14.1. The van der Waals surface area contributed by atoms with Gasteiger partial charge in [0.05, 0.1) is 5.02 Å². The average Bonchev–Trinajstić information content (AvgIpc) is 2.89. The van der Waals surface area contributed by atoms with E-state index in [-0.39, 0.29) is 6.61 Å². The van der Waals surface area contributed by atoms with Gasteiger partial charge in [0.25, 0.3) is 0 Å². The van der Waals surface area contributed by atoms with E-state index in [1.165, 1.54) is 11.3 Å². The van der Waals surface area contributed by atoms with Gasteiger partial charge in [-0.15, -0.1) is 11.3 Å². The van der Waals surface area contributed by atoms with Crippen LogP contribution in [0.2, 0.25) is 10.2 Å². The first-order valence-corrected chi connectivity index (χ1v) is 7.55. The van der Waals surface area contributed by atoms with Gasteiger partial charge in [-0.05, 0) is 36.1 Å². The number of aryl methyl sites for hydroxylation is 1. The molecule has 0 spiro atoms. The fraction of sp³-hybridized carbons (Fsp3) is 0.143. The first-order valence-electron chi connectivity index (χ1n) is 5.92. The summed E-state index contributed by atoms with van der Waals surface area (Å²) < 4.78 is 5.67. The molecule has 6 heteroatoms. The first-order chi connectivity index (χ1) is 9.63. The Labute approximate surface area is 130 Å². The van der Waals surface area contributed by atoms with Gasteiger partial charge < -0.3 is 4.74 Å². The Hall–Kier alpha value is -1.36. The molecule has 3 rings (SSSR count). The highest BCUT2D eigenvalue weighted by Gasteiger charge is 2.09. The summed E-state index contributed by atoms with van der Waals surface area (Å²) in [5, 5.41) is 3.82. The van der Waals surface area contributed by atoms with Gasteiger partial charge in [-0.25, -0.2) is 9.97 Å². The number of hydrogen-bond acceptors (Lipinski definition) is 4. The van der Waals surface area contributed by atoms with Crippen molar-refractivity contribution in [3.8, 4) is 5.75 Å². The molecule has 0 N–H and O–H groups in total. The van der Waals surface area contributed by atoms with E-state index in [1.54, 1.807) is 0 Å². The van der Waals surface area contributed by atoms with Crippen LogP contribution in [0.3, 0.4) is 0 Å². The summed E-state index contributed by atoms with van der Waals surface area (Å²) in [6.07, 6.45) is 0. The van der Waals surface area contributed by atoms with Gasteiger partial charge in [0.2, 0.25) is 0 Å². The maximum atomic E-state index is 6.12. The minimum Gasteiger partial charge on any atom is -0.484 e. The SMILES string of the molecule is Cc1ccc(Cl)c(OCc2nc(Cl)c3ccsc3n2)c1. The summed E-state index contributed by atoms with van der Waals surface area (Å²) in [5.74, 6) is 1.17. The Balaban J connectivity index is 1.84. The number of halogens is 2. The van der Waals surface area contributed by atoms with Gasteiger partial charge in [-0.2, -0.15) is 0 Å². The smallest absolute Gasteiger partial charge is 0.169 e. The number of rotatable bonds is 3. The maximum absolute atomic E-state index is 6.12. The lowest BCUT2D eigenvalue weighted by Gasteiger charge is -2.08. The molecule has 0 unspecified atom stereocenters. The predicted molar refractivity (Wildman–Crippen MR) is 82.9 cm³/mol. The highest BCUT2D eigenvalue weighted by atomic mass is 35.5. The Morgan fingerprint density at radius 1 is 1.20 bits per heavy atom. The molecule has 1 aromatic carbocycles. The molecule has 0 radical (unpaired) electrons. The van der Waals surface area contributed by atoms with Crippen LogP contribution in [-0.2, 0) is 6.61 Å². The van der Waals surface area contributed by atoms with Gasteiger partial charge in [0, 0.05) is 5.39 Å². The second-order valence-electron chi connectivity index (χ2n) is 4.29. The third-order valence-corrected chi connectivity index (χ3v) is 4.18. The number of fused-ring (bicyclic) bond motifs is 1. The monoisotopic (exact) mass is 324 g/mol. The Bertz CT molecular complexity index is 773. The predicted octanol–water partition coefficient (Wildman–Crippen LogP) is 4.89. The fourth-order valence-corrected chi connectivity index (χ4v) is 3.05. The van der Waals surface area contributed by atoms with Crippen molar-refractivity contribution >= 4 is 44.8 Å². The van der Waals surface area contributed by atoms with Crippen molar-refractivity contribution in [2.24, 2.45) is 0 Å². The molecule has 0 saturated heterocycles. The second kappa shape index (κ2) is 5.56. The highest BCUT2D eigenvalue weighted by molar-refractivity contribution is 7.16. The van der Waals surface area contributed by atoms with Crippen molar-refractivity contribution in [2.45, 2.75) is 13.5 Å². The molecule has 0 saturated carbocycles. The number of thiophene rings is 1. The Morgan fingerprint density at radius 2 is 2.05 bits per heavy atom. The number of nitrogens with zero attached hydrogens (tertiary/aromatic N) is 2. The highest BCUT2D eigenvalue weighted by Crippen LogP contribution is 2.27. The minimum absolute atomic E-state index is 0.233. The van der Waals surface area contributed by atoms with Crippen LogP contribution in [0.4, 0.5) is 0 Å². The van der Waals surface area contributed by atoms with Gasteiger partial charge in [-0.1, -0.05) is 29.3 Å². The lowest BCUT2D eigenvalue weighted by Crippen LogP contribution is -2.02. The summed E-state index contributed by atoms with van der Waals surface area (Å²) in [5.41, 5.74) is 1.08. The molecule has 0 amide bonds. The molecule has 0 aliphatic heterocycles. The standard InChI is InChI=1S/C14H10Cl2N2OS/c1-8-2-3-10(15)11(6-8)19-7-12-17-13(16)9-4-5-20-14(9)18-12/h2-6H,7H2,1H3. The fourth-order valence-electron chi connectivity index (χ4n) is 1.79. The molecular formula is C14H10Cl2N2OS. The van der Waals surface area contributed by atoms with E-state index in [9.17, 15) is 0 Å². The molecule has 0 bridgehead atoms. The van der Waals surface area contributed by atoms with Crippen LogP contribution in [0.15, 0.2) is 29.6 Å². The molecule has 3 aromatic rings. The number of ether oxygens (including phenoxy) is 1. The van der Waals surface area contributed by atoms with E-state index in [0.717, 1.165) is 15.8 Å². The molecule has 102 valence electrons. The van der Waals surface area contributed by atoms with Crippen LogP contribution in [0.1, 0.15) is 11.4 Å². The van der Waals surface area contributed by atoms with E-state index < -0.39 is 0 Å². The third kappa shape index (κ3) is 2.73. The maximum Gasteiger partial charge on any atom is 0.169 e. The molecular weight excluding hydrogens is 315 g/mol. The molecule has 3 nitrogen and oxygen atoms in total. The van der Waals surface area contributed by atoms with Crippen molar-refractivity contribution in [3.63, 3.8) is 0 Å². The topological polar surface area (TPSA) is 35.0 Å². The Kier molecular flexibility index (Phi) is 3.78. The summed E-state index contributed by atoms with van der Waals surface area (Å²) in [4.78, 5) is 9.51. The van der Waals surface area contributed by atoms with E-state index >= 15 is 0 Å². The molecule has 0 atom stereocenters. The van der Waals surface area contributed by atoms with Gasteiger partial charge >= 0.3 is 0 Å². The summed E-state index contributed by atoms with van der Waals surface area (Å²) >= 11 is 13.7. The van der Waals surface area contributed by atoms with Crippen LogP contribution >= 0.6 is 34.5 Å². The van der Waals surface area contributed by atoms with Crippen molar-refractivity contribution in [3.05, 3.63) is 51.2 Å². The summed E-state index contributed by atoms with van der Waals surface area (Å²) in [6, 6.07) is 7.53. The van der Waals surface area contributed by atoms with Crippen molar-refractivity contribution < 1.29 is 4.74 Å². The van der Waals surface area contributed by atoms with Gasteiger partial charge in [0.1, 0.15) is 22.3 Å². The third-order valence-electron chi connectivity index (χ3n) is 2.77. The van der Waals surface area contributed by atoms with Crippen molar-refractivity contribution in [1.82, 2.24) is 9.97 Å². The summed E-state index contributed by atoms with van der Waals surface area (Å²) in [7, 11) is 0. The van der Waals surface area contributed by atoms with Gasteiger partial charge in [0.15, 0.2) is 5.82 Å². The number of aromatic nitrogens is 2. The lowest BCUT2D eigenvalue weighted by atomic mass is 10.2. The largest absolute Gasteiger partial charge is 0.484 e. The molecule has 0 fully saturated rings.